The number of hydrogen-bond donors (Lipinski definition) is 2. The fourth-order valence-electron chi connectivity index (χ4n) is 4.50. The van der Waals surface area contributed by atoms with Crippen molar-refractivity contribution < 1.29 is 19.0 Å². The maximum absolute atomic E-state index is 13.7. The van der Waals surface area contributed by atoms with Crippen LogP contribution in [0.3, 0.4) is 0 Å². The lowest BCUT2D eigenvalue weighted by molar-refractivity contribution is -0.0894. The van der Waals surface area contributed by atoms with E-state index in [1.165, 1.54) is 6.07 Å². The first-order chi connectivity index (χ1) is 10.3. The van der Waals surface area contributed by atoms with Crippen LogP contribution < -0.4 is 0 Å². The van der Waals surface area contributed by atoms with Gasteiger partial charge >= 0.3 is 0 Å². The number of halogens is 2. The first-order valence-corrected chi connectivity index (χ1v) is 7.87. The minimum absolute atomic E-state index is 0.0366. The fraction of sp³-hybridized carbons (Fsp3) is 0.647. The van der Waals surface area contributed by atoms with Gasteiger partial charge in [0.1, 0.15) is 0 Å². The molecule has 1 aromatic carbocycles. The number of nitrogens with zero attached hydrogens (tertiary/aromatic N) is 1. The summed E-state index contributed by atoms with van der Waals surface area (Å²) < 4.78 is 27.1. The average Bonchev–Trinajstić information content (AvgIpc) is 2.84. The van der Waals surface area contributed by atoms with Crippen LogP contribution in [0.2, 0.25) is 0 Å². The SMILES string of the molecule is CN(C)C[C@H]1[C@@H]2CC[C@H](C2)C[C@]1(O)c1cc(O)c(F)c(F)c1. The van der Waals surface area contributed by atoms with Crippen LogP contribution in [0.25, 0.3) is 0 Å². The molecule has 0 radical (unpaired) electrons. The van der Waals surface area contributed by atoms with Crippen LogP contribution in [0.5, 0.6) is 5.75 Å². The van der Waals surface area contributed by atoms with Crippen molar-refractivity contribution >= 4 is 0 Å². The van der Waals surface area contributed by atoms with Gasteiger partial charge in [-0.15, -0.1) is 0 Å². The third-order valence-corrected chi connectivity index (χ3v) is 5.43. The van der Waals surface area contributed by atoms with E-state index < -0.39 is 23.0 Å². The number of hydrogen-bond acceptors (Lipinski definition) is 3. The molecule has 1 aromatic rings. The van der Waals surface area contributed by atoms with E-state index in [4.69, 9.17) is 0 Å². The molecule has 2 bridgehead atoms. The molecule has 0 aromatic heterocycles. The van der Waals surface area contributed by atoms with E-state index in [1.54, 1.807) is 0 Å². The number of phenols is 1. The Morgan fingerprint density at radius 2 is 2.00 bits per heavy atom. The summed E-state index contributed by atoms with van der Waals surface area (Å²) in [5, 5.41) is 21.0. The predicted octanol–water partition coefficient (Wildman–Crippen LogP) is 2.86. The van der Waals surface area contributed by atoms with E-state index in [9.17, 15) is 19.0 Å². The van der Waals surface area contributed by atoms with Crippen molar-refractivity contribution in [3.63, 3.8) is 0 Å². The Morgan fingerprint density at radius 1 is 1.27 bits per heavy atom. The molecule has 2 aliphatic carbocycles. The van der Waals surface area contributed by atoms with Gasteiger partial charge in [0.15, 0.2) is 17.4 Å². The molecule has 0 unspecified atom stereocenters. The van der Waals surface area contributed by atoms with Crippen molar-refractivity contribution in [2.24, 2.45) is 17.8 Å². The number of benzene rings is 1. The molecule has 0 amide bonds. The molecule has 0 heterocycles. The lowest BCUT2D eigenvalue weighted by atomic mass is 9.66. The van der Waals surface area contributed by atoms with Crippen LogP contribution in [0.4, 0.5) is 8.78 Å². The summed E-state index contributed by atoms with van der Waals surface area (Å²) in [5.74, 6) is -2.32. The van der Waals surface area contributed by atoms with Gasteiger partial charge in [0.05, 0.1) is 5.60 Å². The number of fused-ring (bicyclic) bond motifs is 2. The molecular weight excluding hydrogens is 288 g/mol. The average molecular weight is 311 g/mol. The molecule has 3 rings (SSSR count). The van der Waals surface area contributed by atoms with E-state index in [2.05, 4.69) is 0 Å². The molecule has 22 heavy (non-hydrogen) atoms. The topological polar surface area (TPSA) is 43.7 Å². The highest BCUT2D eigenvalue weighted by molar-refractivity contribution is 5.35. The van der Waals surface area contributed by atoms with Crippen LogP contribution in [-0.4, -0.2) is 35.8 Å². The summed E-state index contributed by atoms with van der Waals surface area (Å²) in [6, 6.07) is 2.23. The quantitative estimate of drug-likeness (QED) is 0.902. The van der Waals surface area contributed by atoms with Gasteiger partial charge in [-0.3, -0.25) is 0 Å². The summed E-state index contributed by atoms with van der Waals surface area (Å²) in [6.07, 6.45) is 3.79. The Bertz CT molecular complexity index is 555. The zero-order chi connectivity index (χ0) is 16.1. The van der Waals surface area contributed by atoms with Crippen molar-refractivity contribution in [2.75, 3.05) is 20.6 Å². The third-order valence-electron chi connectivity index (χ3n) is 5.43. The first-order valence-electron chi connectivity index (χ1n) is 7.87. The Kier molecular flexibility index (Phi) is 3.89. The Morgan fingerprint density at radius 3 is 2.64 bits per heavy atom. The Hall–Kier alpha value is -1.20. The van der Waals surface area contributed by atoms with Crippen LogP contribution in [0.15, 0.2) is 12.1 Å². The summed E-state index contributed by atoms with van der Waals surface area (Å²) in [7, 11) is 3.90. The highest BCUT2D eigenvalue weighted by atomic mass is 19.2. The lowest BCUT2D eigenvalue weighted by Gasteiger charge is -2.45. The molecule has 3 nitrogen and oxygen atoms in total. The predicted molar refractivity (Wildman–Crippen MR) is 79.4 cm³/mol. The van der Waals surface area contributed by atoms with Gasteiger partial charge in [-0.05, 0) is 62.9 Å². The molecule has 5 heteroatoms. The molecule has 0 aliphatic heterocycles. The Labute approximate surface area is 129 Å². The standard InChI is InChI=1S/C17H23F2NO2/c1-20(2)9-13-11-4-3-10(5-11)8-17(13,22)12-6-14(18)16(19)15(21)7-12/h6-7,10-11,13,21-22H,3-5,8-9H2,1-2H3/t10-,11-,13+,17+/m1/s1. The van der Waals surface area contributed by atoms with Gasteiger partial charge in [-0.2, -0.15) is 4.39 Å². The minimum Gasteiger partial charge on any atom is -0.505 e. The minimum atomic E-state index is -1.25. The third kappa shape index (κ3) is 2.50. The number of rotatable bonds is 3. The number of aromatic hydroxyl groups is 1. The lowest BCUT2D eigenvalue weighted by Crippen LogP contribution is -2.47. The first kappa shape index (κ1) is 15.7. The second kappa shape index (κ2) is 5.46. The van der Waals surface area contributed by atoms with E-state index >= 15 is 0 Å². The zero-order valence-electron chi connectivity index (χ0n) is 13.0. The summed E-state index contributed by atoms with van der Waals surface area (Å²) in [4.78, 5) is 2.02. The van der Waals surface area contributed by atoms with Crippen molar-refractivity contribution in [3.8, 4) is 5.75 Å². The van der Waals surface area contributed by atoms with Crippen molar-refractivity contribution in [1.82, 2.24) is 4.90 Å². The highest BCUT2D eigenvalue weighted by Crippen LogP contribution is 2.54. The second-order valence-corrected chi connectivity index (χ2v) is 7.23. The smallest absolute Gasteiger partial charge is 0.200 e. The summed E-state index contributed by atoms with van der Waals surface area (Å²) in [6.45, 7) is 0.688. The Balaban J connectivity index is 2.04. The maximum atomic E-state index is 13.7. The van der Waals surface area contributed by atoms with E-state index in [0.29, 0.717) is 30.4 Å². The molecule has 2 saturated carbocycles. The zero-order valence-corrected chi connectivity index (χ0v) is 13.0. The molecule has 122 valence electrons. The van der Waals surface area contributed by atoms with Crippen LogP contribution >= 0.6 is 0 Å². The van der Waals surface area contributed by atoms with Gasteiger partial charge in [0.25, 0.3) is 0 Å². The van der Waals surface area contributed by atoms with Crippen molar-refractivity contribution in [1.29, 1.82) is 0 Å². The van der Waals surface area contributed by atoms with Crippen molar-refractivity contribution in [3.05, 3.63) is 29.3 Å². The molecule has 4 atom stereocenters. The van der Waals surface area contributed by atoms with E-state index in [1.807, 2.05) is 19.0 Å². The summed E-state index contributed by atoms with van der Waals surface area (Å²) >= 11 is 0. The second-order valence-electron chi connectivity index (χ2n) is 7.23. The normalized spacial score (nSPS) is 34.4. The van der Waals surface area contributed by atoms with E-state index in [0.717, 1.165) is 25.3 Å². The van der Waals surface area contributed by atoms with Crippen LogP contribution in [0, 0.1) is 29.4 Å². The van der Waals surface area contributed by atoms with Crippen LogP contribution in [-0.2, 0) is 5.60 Å². The fourth-order valence-corrected chi connectivity index (χ4v) is 4.50. The van der Waals surface area contributed by atoms with Gasteiger partial charge in [0.2, 0.25) is 0 Å². The van der Waals surface area contributed by atoms with Gasteiger partial charge < -0.3 is 15.1 Å². The monoisotopic (exact) mass is 311 g/mol. The largest absolute Gasteiger partial charge is 0.505 e. The highest BCUT2D eigenvalue weighted by Gasteiger charge is 2.51. The molecule has 0 spiro atoms. The van der Waals surface area contributed by atoms with Gasteiger partial charge in [0, 0.05) is 12.5 Å². The van der Waals surface area contributed by atoms with E-state index in [-0.39, 0.29) is 5.92 Å². The maximum Gasteiger partial charge on any atom is 0.200 e. The van der Waals surface area contributed by atoms with Gasteiger partial charge in [-0.1, -0.05) is 6.42 Å². The molecular formula is C17H23F2NO2. The molecule has 0 saturated heterocycles. The molecule has 2 N–H and O–H groups in total. The van der Waals surface area contributed by atoms with Gasteiger partial charge in [-0.25, -0.2) is 4.39 Å². The molecule has 2 aliphatic rings. The summed E-state index contributed by atoms with van der Waals surface area (Å²) in [5.41, 5.74) is -0.909. The number of phenolic OH excluding ortho intramolecular Hbond substituents is 1. The van der Waals surface area contributed by atoms with Crippen molar-refractivity contribution in [2.45, 2.75) is 31.3 Å². The van der Waals surface area contributed by atoms with Crippen LogP contribution in [0.1, 0.15) is 31.2 Å². The number of aliphatic hydroxyl groups is 1. The molecule has 2 fully saturated rings.